The number of hydrogen-bond acceptors (Lipinski definition) is 8. The molecule has 0 radical (unpaired) electrons. The van der Waals surface area contributed by atoms with Crippen LogP contribution in [0.5, 0.6) is 0 Å². The first-order valence-corrected chi connectivity index (χ1v) is 16.8. The van der Waals surface area contributed by atoms with Gasteiger partial charge in [0.25, 0.3) is 0 Å². The van der Waals surface area contributed by atoms with Gasteiger partial charge in [-0.2, -0.15) is 0 Å². The molecule has 38 heavy (non-hydrogen) atoms. The van der Waals surface area contributed by atoms with Crippen molar-refractivity contribution in [3.63, 3.8) is 0 Å². The van der Waals surface area contributed by atoms with Gasteiger partial charge in [-0.1, -0.05) is 49.2 Å². The molecule has 0 aliphatic carbocycles. The maximum absolute atomic E-state index is 10.9. The first-order valence-electron chi connectivity index (χ1n) is 13.0. The van der Waals surface area contributed by atoms with E-state index in [-0.39, 0.29) is 0 Å². The molecule has 0 aromatic heterocycles. The molecule has 1 fully saturated rings. The van der Waals surface area contributed by atoms with Gasteiger partial charge < -0.3 is 10.1 Å². The fraction of sp³-hybridized carbons (Fsp3) is 0.536. The van der Waals surface area contributed by atoms with Gasteiger partial charge in [0.2, 0.25) is 0 Å². The average Bonchev–Trinajstić information content (AvgIpc) is 2.89. The minimum absolute atomic E-state index is 0.370. The Morgan fingerprint density at radius 3 is 1.82 bits per heavy atom. The molecule has 214 valence electrons. The quantitative estimate of drug-likeness (QED) is 0.582. The van der Waals surface area contributed by atoms with Gasteiger partial charge in [-0.05, 0) is 57.5 Å². The summed E-state index contributed by atoms with van der Waals surface area (Å²) in [6, 6.07) is 15.2. The van der Waals surface area contributed by atoms with Gasteiger partial charge in [0.15, 0.2) is 19.7 Å². The molecule has 1 N–H and O–H groups in total. The van der Waals surface area contributed by atoms with Crippen LogP contribution in [0, 0.1) is 6.92 Å². The third-order valence-corrected chi connectivity index (χ3v) is 7.87. The highest BCUT2D eigenvalue weighted by molar-refractivity contribution is 7.91. The number of rotatable bonds is 5. The van der Waals surface area contributed by atoms with Crippen molar-refractivity contribution in [1.29, 1.82) is 0 Å². The molecular formula is C28H45N3O5S2. The van der Waals surface area contributed by atoms with E-state index in [4.69, 9.17) is 4.74 Å². The molecule has 2 aromatic rings. The molecule has 2 aliphatic rings. The number of benzene rings is 2. The summed E-state index contributed by atoms with van der Waals surface area (Å²) in [6.45, 7) is 13.7. The molecule has 0 atom stereocenters. The van der Waals surface area contributed by atoms with Crippen molar-refractivity contribution in [2.24, 2.45) is 4.99 Å². The Labute approximate surface area is 230 Å². The van der Waals surface area contributed by atoms with Crippen molar-refractivity contribution in [3.8, 4) is 0 Å². The predicted octanol–water partition coefficient (Wildman–Crippen LogP) is 4.01. The predicted molar refractivity (Wildman–Crippen MR) is 157 cm³/mol. The van der Waals surface area contributed by atoms with E-state index in [0.717, 1.165) is 50.8 Å². The Kier molecular flexibility index (Phi) is 16.1. The molecule has 0 bridgehead atoms. The first kappa shape index (κ1) is 33.8. The number of hydrogen-bond donors (Lipinski definition) is 1. The van der Waals surface area contributed by atoms with E-state index in [2.05, 4.69) is 22.1 Å². The number of aryl methyl sites for hydroxylation is 1. The SMILES string of the molecule is CC1=NCCCN1.CCCCN1CCOCC1.CS(=O)(=O)c1ccccc1.Cc1ccc(S(C)(=O)=O)cc1. The van der Waals surface area contributed by atoms with Crippen LogP contribution in [0.1, 0.15) is 38.7 Å². The minimum atomic E-state index is -3.02. The third-order valence-electron chi connectivity index (χ3n) is 5.62. The van der Waals surface area contributed by atoms with Crippen LogP contribution in [-0.4, -0.2) is 86.0 Å². The average molecular weight is 568 g/mol. The Morgan fingerprint density at radius 1 is 0.868 bits per heavy atom. The summed E-state index contributed by atoms with van der Waals surface area (Å²) in [4.78, 5) is 7.36. The summed E-state index contributed by atoms with van der Waals surface area (Å²) in [5, 5.41) is 3.13. The number of morpholine rings is 1. The second kappa shape index (κ2) is 18.1. The van der Waals surface area contributed by atoms with Crippen LogP contribution in [0.2, 0.25) is 0 Å². The molecule has 0 saturated carbocycles. The zero-order valence-electron chi connectivity index (χ0n) is 23.5. The monoisotopic (exact) mass is 567 g/mol. The number of sulfone groups is 2. The summed E-state index contributed by atoms with van der Waals surface area (Å²) in [5.41, 5.74) is 1.07. The highest BCUT2D eigenvalue weighted by Crippen LogP contribution is 2.09. The molecule has 10 heteroatoms. The number of aliphatic imine (C=N–C) groups is 1. The topological polar surface area (TPSA) is 105 Å². The van der Waals surface area contributed by atoms with Crippen LogP contribution >= 0.6 is 0 Å². The second-order valence-corrected chi connectivity index (χ2v) is 13.3. The number of nitrogens with one attached hydrogen (secondary N) is 1. The lowest BCUT2D eigenvalue weighted by atomic mass is 10.2. The van der Waals surface area contributed by atoms with E-state index >= 15 is 0 Å². The highest BCUT2D eigenvalue weighted by atomic mass is 32.2. The smallest absolute Gasteiger partial charge is 0.175 e. The van der Waals surface area contributed by atoms with E-state index in [0.29, 0.717) is 9.79 Å². The van der Waals surface area contributed by atoms with Gasteiger partial charge in [0, 0.05) is 38.7 Å². The lowest BCUT2D eigenvalue weighted by molar-refractivity contribution is 0.0373. The largest absolute Gasteiger partial charge is 0.379 e. The van der Waals surface area contributed by atoms with Gasteiger partial charge in [0.05, 0.1) is 28.8 Å². The number of unbranched alkanes of at least 4 members (excludes halogenated alkanes) is 1. The fourth-order valence-electron chi connectivity index (χ4n) is 3.31. The van der Waals surface area contributed by atoms with Gasteiger partial charge in [-0.25, -0.2) is 16.8 Å². The molecule has 0 amide bonds. The van der Waals surface area contributed by atoms with Crippen molar-refractivity contribution in [2.75, 3.05) is 58.4 Å². The minimum Gasteiger partial charge on any atom is -0.379 e. The van der Waals surface area contributed by atoms with Gasteiger partial charge in [-0.3, -0.25) is 9.89 Å². The molecule has 0 unspecified atom stereocenters. The lowest BCUT2D eigenvalue weighted by Gasteiger charge is -2.26. The van der Waals surface area contributed by atoms with Crippen molar-refractivity contribution < 1.29 is 21.6 Å². The lowest BCUT2D eigenvalue weighted by Crippen LogP contribution is -2.36. The summed E-state index contributed by atoms with van der Waals surface area (Å²) < 4.78 is 48.8. The van der Waals surface area contributed by atoms with Crippen LogP contribution in [-0.2, 0) is 24.4 Å². The molecular weight excluding hydrogens is 522 g/mol. The van der Waals surface area contributed by atoms with Crippen LogP contribution in [0.3, 0.4) is 0 Å². The Balaban J connectivity index is 0.000000256. The number of amidine groups is 1. The van der Waals surface area contributed by atoms with E-state index in [9.17, 15) is 16.8 Å². The third kappa shape index (κ3) is 15.9. The normalized spacial score (nSPS) is 15.7. The van der Waals surface area contributed by atoms with Gasteiger partial charge in [0.1, 0.15) is 0 Å². The summed E-state index contributed by atoms with van der Waals surface area (Å²) in [6.07, 6.45) is 6.23. The van der Waals surface area contributed by atoms with E-state index < -0.39 is 19.7 Å². The Bertz CT molecular complexity index is 1140. The Hall–Kier alpha value is -2.27. The van der Waals surface area contributed by atoms with E-state index in [1.807, 2.05) is 13.8 Å². The molecule has 2 heterocycles. The van der Waals surface area contributed by atoms with Crippen LogP contribution in [0.4, 0.5) is 0 Å². The maximum Gasteiger partial charge on any atom is 0.175 e. The summed E-state index contributed by atoms with van der Waals surface area (Å²) >= 11 is 0. The van der Waals surface area contributed by atoms with Crippen LogP contribution in [0.15, 0.2) is 69.4 Å². The number of nitrogens with zero attached hydrogens (tertiary/aromatic N) is 2. The van der Waals surface area contributed by atoms with Crippen molar-refractivity contribution in [2.45, 2.75) is 49.8 Å². The standard InChI is InChI=1S/C8H17NO.C8H10O2S.C7H8O2S.C5H10N2/c1-2-3-4-9-5-7-10-8-6-9;1-7-3-5-8(6-4-7)11(2,9)10;1-10(8,9)7-5-3-2-4-6-7;1-5-6-3-2-4-7-5/h2-8H2,1H3;3-6H,1-2H3;2-6H,1H3;2-4H2,1H3,(H,6,7). The van der Waals surface area contributed by atoms with Crippen molar-refractivity contribution >= 4 is 25.5 Å². The van der Waals surface area contributed by atoms with Crippen molar-refractivity contribution in [1.82, 2.24) is 10.2 Å². The van der Waals surface area contributed by atoms with Gasteiger partial charge >= 0.3 is 0 Å². The Morgan fingerprint density at radius 2 is 1.42 bits per heavy atom. The van der Waals surface area contributed by atoms with Gasteiger partial charge in [-0.15, -0.1) is 0 Å². The highest BCUT2D eigenvalue weighted by Gasteiger charge is 2.08. The maximum atomic E-state index is 10.9. The van der Waals surface area contributed by atoms with Crippen molar-refractivity contribution in [3.05, 3.63) is 60.2 Å². The summed E-state index contributed by atoms with van der Waals surface area (Å²) in [7, 11) is -6.02. The number of ether oxygens (including phenoxy) is 1. The fourth-order valence-corrected chi connectivity index (χ4v) is 4.59. The van der Waals surface area contributed by atoms with E-state index in [1.54, 1.807) is 54.6 Å². The summed E-state index contributed by atoms with van der Waals surface area (Å²) in [5.74, 6) is 1.09. The molecule has 4 rings (SSSR count). The zero-order chi connectivity index (χ0) is 28.4. The van der Waals surface area contributed by atoms with E-state index in [1.165, 1.54) is 38.3 Å². The zero-order valence-corrected chi connectivity index (χ0v) is 25.2. The molecule has 2 aliphatic heterocycles. The van der Waals surface area contributed by atoms with Crippen LogP contribution in [0.25, 0.3) is 0 Å². The molecule has 8 nitrogen and oxygen atoms in total. The molecule has 1 saturated heterocycles. The van der Waals surface area contributed by atoms with Crippen LogP contribution < -0.4 is 5.32 Å². The first-order chi connectivity index (χ1) is 17.9. The molecule has 2 aromatic carbocycles. The second-order valence-electron chi connectivity index (χ2n) is 9.23. The molecule has 0 spiro atoms.